The van der Waals surface area contributed by atoms with Crippen LogP contribution in [0, 0.1) is 33.1 Å². The predicted octanol–water partition coefficient (Wildman–Crippen LogP) is 3.93. The number of para-hydroxylation sites is 1. The number of aromatic nitrogens is 1. The van der Waals surface area contributed by atoms with Crippen molar-refractivity contribution in [3.05, 3.63) is 63.5 Å². The number of nitrogens with zero attached hydrogens (tertiary/aromatic N) is 2. The number of carbonyl (C=O) groups excluding carboxylic acids is 1. The topological polar surface area (TPSA) is 34.4 Å². The van der Waals surface area contributed by atoms with Gasteiger partial charge in [0.2, 0.25) is 0 Å². The second kappa shape index (κ2) is 7.08. The lowest BCUT2D eigenvalue weighted by Crippen LogP contribution is -2.17. The molecule has 3 aromatic rings. The second-order valence-electron chi connectivity index (χ2n) is 6.20. The van der Waals surface area contributed by atoms with Crippen LogP contribution >= 0.6 is 11.3 Å². The molecule has 0 aliphatic heterocycles. The Morgan fingerprint density at radius 1 is 1.20 bits per heavy atom. The summed E-state index contributed by atoms with van der Waals surface area (Å²) in [5.41, 5.74) is 5.55. The zero-order chi connectivity index (χ0) is 18.0. The van der Waals surface area contributed by atoms with Crippen LogP contribution in [0.25, 0.3) is 10.2 Å². The van der Waals surface area contributed by atoms with Crippen molar-refractivity contribution in [3.63, 3.8) is 0 Å². The lowest BCUT2D eigenvalue weighted by atomic mass is 9.97. The number of hydrogen-bond acceptors (Lipinski definition) is 2. The summed E-state index contributed by atoms with van der Waals surface area (Å²) < 4.78 is 3.00. The molecule has 3 nitrogen and oxygen atoms in total. The maximum absolute atomic E-state index is 12.6. The Labute approximate surface area is 151 Å². The molecule has 2 aromatic carbocycles. The molecular weight excluding hydrogens is 328 g/mol. The van der Waals surface area contributed by atoms with Gasteiger partial charge in [-0.15, -0.1) is 6.42 Å². The first-order valence-corrected chi connectivity index (χ1v) is 8.97. The number of thiazole rings is 1. The van der Waals surface area contributed by atoms with Crippen LogP contribution in [0.3, 0.4) is 0 Å². The van der Waals surface area contributed by atoms with Crippen LogP contribution in [-0.2, 0) is 17.8 Å². The lowest BCUT2D eigenvalue weighted by molar-refractivity contribution is -0.117. The molecule has 4 heteroatoms. The van der Waals surface area contributed by atoms with Crippen molar-refractivity contribution < 1.29 is 4.79 Å². The number of amides is 1. The number of aryl methyl sites for hydroxylation is 3. The summed E-state index contributed by atoms with van der Waals surface area (Å²) in [6, 6.07) is 12.2. The normalized spacial score (nSPS) is 11.7. The minimum Gasteiger partial charge on any atom is -0.305 e. The van der Waals surface area contributed by atoms with Gasteiger partial charge in [0.25, 0.3) is 5.91 Å². The van der Waals surface area contributed by atoms with E-state index in [1.165, 1.54) is 16.9 Å². The molecule has 25 heavy (non-hydrogen) atoms. The third-order valence-electron chi connectivity index (χ3n) is 4.23. The molecule has 0 aliphatic rings. The molecule has 0 spiro atoms. The number of fused-ring (bicyclic) bond motifs is 1. The molecular formula is C21H20N2OS. The largest absolute Gasteiger partial charge is 0.305 e. The first-order valence-electron chi connectivity index (χ1n) is 8.15. The number of benzene rings is 2. The van der Waals surface area contributed by atoms with E-state index in [4.69, 9.17) is 6.42 Å². The standard InChI is InChI=1S/C21H20N2OS/c1-5-10-23-18-8-6-7-9-19(18)25-21(23)22-20(24)13-17-15(3)11-14(2)12-16(17)4/h1,6-9,11-12H,10,13H2,2-4H3. The molecule has 126 valence electrons. The fourth-order valence-corrected chi connectivity index (χ4v) is 4.18. The van der Waals surface area contributed by atoms with Crippen molar-refractivity contribution in [2.75, 3.05) is 0 Å². The van der Waals surface area contributed by atoms with Gasteiger partial charge in [0.05, 0.1) is 23.2 Å². The maximum atomic E-state index is 12.6. The minimum absolute atomic E-state index is 0.146. The SMILES string of the molecule is C#CCn1c(=NC(=O)Cc2c(C)cc(C)cc2C)sc2ccccc21. The van der Waals surface area contributed by atoms with Gasteiger partial charge in [-0.2, -0.15) is 4.99 Å². The fraction of sp³-hybridized carbons (Fsp3) is 0.238. The monoisotopic (exact) mass is 348 g/mol. The van der Waals surface area contributed by atoms with E-state index < -0.39 is 0 Å². The Bertz CT molecular complexity index is 1040. The summed E-state index contributed by atoms with van der Waals surface area (Å²) in [6.07, 6.45) is 5.80. The summed E-state index contributed by atoms with van der Waals surface area (Å²) in [5, 5.41) is 0. The highest BCUT2D eigenvalue weighted by Gasteiger charge is 2.11. The van der Waals surface area contributed by atoms with Crippen LogP contribution in [0.4, 0.5) is 0 Å². The molecule has 0 saturated carbocycles. The van der Waals surface area contributed by atoms with Crippen LogP contribution in [0.1, 0.15) is 22.3 Å². The first kappa shape index (κ1) is 17.2. The van der Waals surface area contributed by atoms with Crippen LogP contribution < -0.4 is 4.80 Å². The number of rotatable bonds is 3. The average molecular weight is 348 g/mol. The van der Waals surface area contributed by atoms with E-state index in [0.717, 1.165) is 26.9 Å². The Morgan fingerprint density at radius 3 is 2.56 bits per heavy atom. The molecule has 1 aromatic heterocycles. The summed E-state index contributed by atoms with van der Waals surface area (Å²) in [7, 11) is 0. The van der Waals surface area contributed by atoms with Gasteiger partial charge in [-0.1, -0.05) is 47.1 Å². The van der Waals surface area contributed by atoms with Gasteiger partial charge in [0.15, 0.2) is 4.80 Å². The number of carbonyl (C=O) groups is 1. The van der Waals surface area contributed by atoms with Crippen molar-refractivity contribution in [2.45, 2.75) is 33.7 Å². The Kier molecular flexibility index (Phi) is 4.87. The van der Waals surface area contributed by atoms with E-state index in [0.29, 0.717) is 17.8 Å². The minimum atomic E-state index is -0.146. The molecule has 0 atom stereocenters. The highest BCUT2D eigenvalue weighted by Crippen LogP contribution is 2.18. The van der Waals surface area contributed by atoms with Crippen LogP contribution in [0.5, 0.6) is 0 Å². The predicted molar refractivity (Wildman–Crippen MR) is 104 cm³/mol. The zero-order valence-electron chi connectivity index (χ0n) is 14.7. The highest BCUT2D eigenvalue weighted by molar-refractivity contribution is 7.16. The molecule has 0 saturated heterocycles. The van der Waals surface area contributed by atoms with Gasteiger partial charge in [-0.25, -0.2) is 0 Å². The van der Waals surface area contributed by atoms with Crippen LogP contribution in [0.2, 0.25) is 0 Å². The van der Waals surface area contributed by atoms with E-state index >= 15 is 0 Å². The summed E-state index contributed by atoms with van der Waals surface area (Å²) >= 11 is 1.49. The molecule has 1 amide bonds. The molecule has 0 N–H and O–H groups in total. The maximum Gasteiger partial charge on any atom is 0.252 e. The van der Waals surface area contributed by atoms with Crippen LogP contribution in [0.15, 0.2) is 41.4 Å². The lowest BCUT2D eigenvalue weighted by Gasteiger charge is -2.09. The van der Waals surface area contributed by atoms with E-state index in [-0.39, 0.29) is 5.91 Å². The third kappa shape index (κ3) is 3.57. The van der Waals surface area contributed by atoms with Gasteiger partial charge in [0.1, 0.15) is 0 Å². The summed E-state index contributed by atoms with van der Waals surface area (Å²) in [6.45, 7) is 6.55. The van der Waals surface area contributed by atoms with Crippen LogP contribution in [-0.4, -0.2) is 10.5 Å². The molecule has 1 heterocycles. The van der Waals surface area contributed by atoms with E-state index in [1.807, 2.05) is 42.7 Å². The Hall–Kier alpha value is -2.64. The fourth-order valence-electron chi connectivity index (χ4n) is 3.14. The molecule has 0 radical (unpaired) electrons. The number of terminal acetylenes is 1. The van der Waals surface area contributed by atoms with E-state index in [1.54, 1.807) is 0 Å². The third-order valence-corrected chi connectivity index (χ3v) is 5.29. The quantitative estimate of drug-likeness (QED) is 0.660. The van der Waals surface area contributed by atoms with E-state index in [2.05, 4.69) is 30.0 Å². The second-order valence-corrected chi connectivity index (χ2v) is 7.21. The zero-order valence-corrected chi connectivity index (χ0v) is 15.5. The summed E-state index contributed by atoms with van der Waals surface area (Å²) in [4.78, 5) is 17.6. The van der Waals surface area contributed by atoms with Gasteiger partial charge in [-0.05, 0) is 49.6 Å². The van der Waals surface area contributed by atoms with Gasteiger partial charge in [0, 0.05) is 0 Å². The Balaban J connectivity index is 2.01. The van der Waals surface area contributed by atoms with Crippen molar-refractivity contribution in [1.29, 1.82) is 0 Å². The molecule has 0 bridgehead atoms. The van der Waals surface area contributed by atoms with Crippen molar-refractivity contribution in [1.82, 2.24) is 4.57 Å². The number of hydrogen-bond donors (Lipinski definition) is 0. The van der Waals surface area contributed by atoms with Crippen molar-refractivity contribution in [3.8, 4) is 12.3 Å². The molecule has 0 aliphatic carbocycles. The molecule has 3 rings (SSSR count). The van der Waals surface area contributed by atoms with E-state index in [9.17, 15) is 4.79 Å². The van der Waals surface area contributed by atoms with Gasteiger partial charge >= 0.3 is 0 Å². The highest BCUT2D eigenvalue weighted by atomic mass is 32.1. The van der Waals surface area contributed by atoms with Crippen molar-refractivity contribution in [2.24, 2.45) is 4.99 Å². The van der Waals surface area contributed by atoms with Gasteiger partial charge < -0.3 is 4.57 Å². The molecule has 0 unspecified atom stereocenters. The summed E-state index contributed by atoms with van der Waals surface area (Å²) in [5.74, 6) is 2.50. The first-order chi connectivity index (χ1) is 12.0. The Morgan fingerprint density at radius 2 is 1.88 bits per heavy atom. The average Bonchev–Trinajstić information content (AvgIpc) is 2.89. The molecule has 0 fully saturated rings. The van der Waals surface area contributed by atoms with Gasteiger partial charge in [-0.3, -0.25) is 4.79 Å². The van der Waals surface area contributed by atoms with Crippen molar-refractivity contribution >= 4 is 27.5 Å². The smallest absolute Gasteiger partial charge is 0.252 e.